The predicted octanol–water partition coefficient (Wildman–Crippen LogP) is 4.02. The summed E-state index contributed by atoms with van der Waals surface area (Å²) in [5, 5.41) is 0. The zero-order chi connectivity index (χ0) is 9.99. The second-order valence-corrected chi connectivity index (χ2v) is 15.9. The molecular formula is C10H25NSi2. The predicted molar refractivity (Wildman–Crippen MR) is 70.0 cm³/mol. The molecular weight excluding hydrogens is 190 g/mol. The first-order chi connectivity index (χ1) is 5.19. The van der Waals surface area contributed by atoms with Gasteiger partial charge in [0.2, 0.25) is 0 Å². The van der Waals surface area contributed by atoms with Crippen LogP contribution in [0.2, 0.25) is 39.3 Å². The van der Waals surface area contributed by atoms with Crippen LogP contribution in [0.1, 0.15) is 0 Å². The fourth-order valence-corrected chi connectivity index (χ4v) is 12.0. The van der Waals surface area contributed by atoms with Crippen molar-refractivity contribution in [2.45, 2.75) is 39.3 Å². The van der Waals surface area contributed by atoms with Crippen molar-refractivity contribution in [1.29, 1.82) is 0 Å². The molecule has 0 amide bonds. The van der Waals surface area contributed by atoms with Crippen LogP contribution in [0, 0.1) is 0 Å². The third-order valence-electron chi connectivity index (χ3n) is 1.90. The average Bonchev–Trinajstić information content (AvgIpc) is 1.77. The van der Waals surface area contributed by atoms with E-state index < -0.39 is 16.1 Å². The zero-order valence-corrected chi connectivity index (χ0v) is 12.1. The van der Waals surface area contributed by atoms with E-state index in [4.69, 9.17) is 0 Å². The molecule has 0 aromatic carbocycles. The minimum absolute atomic E-state index is 0. The molecule has 3 heteroatoms. The van der Waals surface area contributed by atoms with Crippen molar-refractivity contribution in [3.8, 4) is 0 Å². The largest absolute Gasteiger partial charge is 0.344 e. The number of allylic oxidation sites excluding steroid dienone is 2. The van der Waals surface area contributed by atoms with Crippen LogP contribution in [0.5, 0.6) is 0 Å². The number of hydrogen-bond donors (Lipinski definition) is 1. The Kier molecular flexibility index (Phi) is 5.82. The molecule has 0 rings (SSSR count). The van der Waals surface area contributed by atoms with Gasteiger partial charge < -0.3 is 6.15 Å². The minimum Gasteiger partial charge on any atom is -0.344 e. The summed E-state index contributed by atoms with van der Waals surface area (Å²) in [5.41, 5.74) is 0. The Morgan fingerprint density at radius 2 is 1.23 bits per heavy atom. The van der Waals surface area contributed by atoms with E-state index in [1.807, 2.05) is 6.08 Å². The van der Waals surface area contributed by atoms with Crippen LogP contribution in [0.4, 0.5) is 0 Å². The third kappa shape index (κ3) is 5.23. The molecule has 3 N–H and O–H groups in total. The molecule has 0 aliphatic carbocycles. The van der Waals surface area contributed by atoms with Gasteiger partial charge in [0.15, 0.2) is 0 Å². The Morgan fingerprint density at radius 1 is 0.923 bits per heavy atom. The fraction of sp³-hybridized carbons (Fsp3) is 0.600. The van der Waals surface area contributed by atoms with Crippen LogP contribution in [0.25, 0.3) is 0 Å². The lowest BCUT2D eigenvalue weighted by molar-refractivity contribution is 1.62. The lowest BCUT2D eigenvalue weighted by Gasteiger charge is -2.31. The van der Waals surface area contributed by atoms with Crippen molar-refractivity contribution in [2.24, 2.45) is 0 Å². The summed E-state index contributed by atoms with van der Waals surface area (Å²) in [6, 6.07) is 0. The molecule has 1 nitrogen and oxygen atoms in total. The minimum atomic E-state index is -1.09. The van der Waals surface area contributed by atoms with E-state index in [2.05, 4.69) is 51.9 Å². The van der Waals surface area contributed by atoms with Crippen LogP contribution in [0.15, 0.2) is 23.6 Å². The topological polar surface area (TPSA) is 35.0 Å². The van der Waals surface area contributed by atoms with Gasteiger partial charge in [-0.2, -0.15) is 0 Å². The van der Waals surface area contributed by atoms with Crippen LogP contribution < -0.4 is 6.15 Å². The molecule has 0 atom stereocenters. The van der Waals surface area contributed by atoms with Gasteiger partial charge in [-0.15, -0.1) is 0 Å². The maximum Gasteiger partial charge on any atom is 0.0682 e. The molecule has 0 aliphatic heterocycles. The van der Waals surface area contributed by atoms with Gasteiger partial charge in [0.1, 0.15) is 0 Å². The Bertz CT molecular complexity index is 178. The molecule has 78 valence electrons. The summed E-state index contributed by atoms with van der Waals surface area (Å²) in [6.07, 6.45) is 4.21. The summed E-state index contributed by atoms with van der Waals surface area (Å²) in [6.45, 7) is 18.3. The highest BCUT2D eigenvalue weighted by atomic mass is 28.4. The quantitative estimate of drug-likeness (QED) is 0.560. The molecule has 0 fully saturated rings. The molecule has 0 aromatic heterocycles. The summed E-state index contributed by atoms with van der Waals surface area (Å²) in [5.74, 6) is 0. The monoisotopic (exact) mass is 215 g/mol. The normalized spacial score (nSPS) is 11.5. The molecule has 0 unspecified atom stereocenters. The lowest BCUT2D eigenvalue weighted by Crippen LogP contribution is -2.39. The van der Waals surface area contributed by atoms with E-state index in [9.17, 15) is 0 Å². The van der Waals surface area contributed by atoms with E-state index >= 15 is 0 Å². The fourth-order valence-electron chi connectivity index (χ4n) is 1.74. The number of rotatable bonds is 3. The standard InChI is InChI=1S/C10H22Si2.H3N/c1-8-9-10(11(2,3)4)12(5,6)7;/h8-9H,1H2,2-7H3;1H3. The molecule has 0 radical (unpaired) electrons. The first kappa shape index (κ1) is 15.4. The zero-order valence-electron chi connectivity index (χ0n) is 10.1. The molecule has 0 aromatic rings. The van der Waals surface area contributed by atoms with Crippen LogP contribution in [0.3, 0.4) is 0 Å². The highest BCUT2D eigenvalue weighted by Gasteiger charge is 2.29. The third-order valence-corrected chi connectivity index (χ3v) is 9.97. The first-order valence-corrected chi connectivity index (χ1v) is 11.5. The van der Waals surface area contributed by atoms with E-state index in [0.717, 1.165) is 0 Å². The summed E-state index contributed by atoms with van der Waals surface area (Å²) in [7, 11) is -2.18. The van der Waals surface area contributed by atoms with Gasteiger partial charge in [-0.1, -0.05) is 62.8 Å². The van der Waals surface area contributed by atoms with Crippen LogP contribution in [-0.4, -0.2) is 16.1 Å². The van der Waals surface area contributed by atoms with Crippen molar-refractivity contribution in [3.63, 3.8) is 0 Å². The second-order valence-electron chi connectivity index (χ2n) is 5.32. The molecule has 0 saturated carbocycles. The summed E-state index contributed by atoms with van der Waals surface area (Å²) >= 11 is 0. The number of hydrogen-bond acceptors (Lipinski definition) is 1. The Hall–Kier alpha value is -0.126. The summed E-state index contributed by atoms with van der Waals surface area (Å²) in [4.78, 5) is 1.73. The van der Waals surface area contributed by atoms with Crippen molar-refractivity contribution in [2.75, 3.05) is 0 Å². The van der Waals surface area contributed by atoms with Gasteiger partial charge in [0.25, 0.3) is 0 Å². The van der Waals surface area contributed by atoms with Crippen molar-refractivity contribution >= 4 is 16.1 Å². The van der Waals surface area contributed by atoms with Gasteiger partial charge in [-0.05, 0) is 0 Å². The maximum absolute atomic E-state index is 3.80. The van der Waals surface area contributed by atoms with Gasteiger partial charge in [-0.3, -0.25) is 0 Å². The smallest absolute Gasteiger partial charge is 0.0682 e. The van der Waals surface area contributed by atoms with E-state index in [0.29, 0.717) is 0 Å². The Morgan fingerprint density at radius 3 is 1.31 bits per heavy atom. The van der Waals surface area contributed by atoms with Crippen molar-refractivity contribution in [1.82, 2.24) is 6.15 Å². The maximum atomic E-state index is 3.80. The molecule has 0 bridgehead atoms. The summed E-state index contributed by atoms with van der Waals surface area (Å²) < 4.78 is 0. The van der Waals surface area contributed by atoms with Crippen molar-refractivity contribution < 1.29 is 0 Å². The average molecular weight is 215 g/mol. The molecule has 0 spiro atoms. The molecule has 0 saturated heterocycles. The SMILES string of the molecule is C=CC=C([Si](C)(C)C)[Si](C)(C)C.N. The second kappa shape index (κ2) is 4.93. The van der Waals surface area contributed by atoms with Crippen LogP contribution >= 0.6 is 0 Å². The van der Waals surface area contributed by atoms with Gasteiger partial charge in [0.05, 0.1) is 16.1 Å². The van der Waals surface area contributed by atoms with E-state index in [-0.39, 0.29) is 6.15 Å². The highest BCUT2D eigenvalue weighted by Crippen LogP contribution is 2.24. The van der Waals surface area contributed by atoms with E-state index in [1.54, 1.807) is 4.82 Å². The van der Waals surface area contributed by atoms with E-state index in [1.165, 1.54) is 0 Å². The van der Waals surface area contributed by atoms with Crippen LogP contribution in [-0.2, 0) is 0 Å². The first-order valence-electron chi connectivity index (χ1n) is 4.53. The molecule has 0 aliphatic rings. The Balaban J connectivity index is 0. The Labute approximate surface area is 85.5 Å². The van der Waals surface area contributed by atoms with Crippen molar-refractivity contribution in [3.05, 3.63) is 23.6 Å². The molecule has 0 heterocycles. The van der Waals surface area contributed by atoms with Gasteiger partial charge >= 0.3 is 0 Å². The highest BCUT2D eigenvalue weighted by molar-refractivity contribution is 7.04. The lowest BCUT2D eigenvalue weighted by atomic mass is 10.6. The van der Waals surface area contributed by atoms with Gasteiger partial charge in [-0.25, -0.2) is 0 Å². The molecule has 13 heavy (non-hydrogen) atoms. The van der Waals surface area contributed by atoms with Gasteiger partial charge in [0, 0.05) is 0 Å².